The Kier molecular flexibility index (Phi) is 5.79. The summed E-state index contributed by atoms with van der Waals surface area (Å²) in [5, 5.41) is 0. The first-order valence-corrected chi connectivity index (χ1v) is 8.37. The Morgan fingerprint density at radius 1 is 1.24 bits per heavy atom. The molecule has 0 atom stereocenters. The van der Waals surface area contributed by atoms with Crippen LogP contribution < -0.4 is 0 Å². The van der Waals surface area contributed by atoms with Gasteiger partial charge >= 0.3 is 5.97 Å². The lowest BCUT2D eigenvalue weighted by atomic mass is 10.00. The molecule has 0 aliphatic heterocycles. The standard InChI is InChI=1S/C16H23NO3S/c1-17(10-9-15(18)20-2)16(19)14-11-12-7-5-3-4-6-8-13(12)21-14/h11H,3-10H2,1-2H3. The molecule has 1 aromatic rings. The molecule has 1 amide bonds. The second kappa shape index (κ2) is 7.59. The lowest BCUT2D eigenvalue weighted by Gasteiger charge is -2.15. The Bertz CT molecular complexity index is 484. The van der Waals surface area contributed by atoms with Crippen LogP contribution in [-0.4, -0.2) is 37.5 Å². The minimum atomic E-state index is -0.284. The average molecular weight is 309 g/mol. The number of hydrogen-bond acceptors (Lipinski definition) is 4. The van der Waals surface area contributed by atoms with Crippen molar-refractivity contribution in [1.82, 2.24) is 4.90 Å². The molecule has 0 radical (unpaired) electrons. The van der Waals surface area contributed by atoms with Gasteiger partial charge in [-0.25, -0.2) is 0 Å². The lowest BCUT2D eigenvalue weighted by molar-refractivity contribution is -0.140. The quantitative estimate of drug-likeness (QED) is 0.803. The maximum absolute atomic E-state index is 12.4. The molecule has 0 unspecified atom stereocenters. The van der Waals surface area contributed by atoms with Crippen LogP contribution in [0.5, 0.6) is 0 Å². The fourth-order valence-electron chi connectivity index (χ4n) is 2.60. The van der Waals surface area contributed by atoms with E-state index in [-0.39, 0.29) is 18.3 Å². The summed E-state index contributed by atoms with van der Waals surface area (Å²) in [6.07, 6.45) is 7.44. The first kappa shape index (κ1) is 16.0. The molecule has 21 heavy (non-hydrogen) atoms. The SMILES string of the molecule is COC(=O)CCN(C)C(=O)c1cc2c(s1)CCCCCC2. The summed E-state index contributed by atoms with van der Waals surface area (Å²) in [6, 6.07) is 2.06. The molecular weight excluding hydrogens is 286 g/mol. The number of fused-ring (bicyclic) bond motifs is 1. The van der Waals surface area contributed by atoms with Crippen LogP contribution in [0.4, 0.5) is 0 Å². The molecule has 0 saturated carbocycles. The first-order chi connectivity index (χ1) is 10.1. The number of ether oxygens (including phenoxy) is 1. The monoisotopic (exact) mass is 309 g/mol. The fourth-order valence-corrected chi connectivity index (χ4v) is 3.85. The lowest BCUT2D eigenvalue weighted by Crippen LogP contribution is -2.28. The van der Waals surface area contributed by atoms with Crippen LogP contribution in [0.15, 0.2) is 6.07 Å². The summed E-state index contributed by atoms with van der Waals surface area (Å²) in [6.45, 7) is 0.397. The smallest absolute Gasteiger partial charge is 0.307 e. The van der Waals surface area contributed by atoms with Crippen molar-refractivity contribution in [3.05, 3.63) is 21.4 Å². The number of nitrogens with zero attached hydrogens (tertiary/aromatic N) is 1. The van der Waals surface area contributed by atoms with Gasteiger partial charge in [0.05, 0.1) is 18.4 Å². The van der Waals surface area contributed by atoms with Crippen LogP contribution in [-0.2, 0) is 22.4 Å². The number of thiophene rings is 1. The molecular formula is C16H23NO3S. The highest BCUT2D eigenvalue weighted by molar-refractivity contribution is 7.14. The minimum Gasteiger partial charge on any atom is -0.469 e. The summed E-state index contributed by atoms with van der Waals surface area (Å²) in [5.41, 5.74) is 1.35. The van der Waals surface area contributed by atoms with E-state index in [2.05, 4.69) is 10.8 Å². The van der Waals surface area contributed by atoms with E-state index in [1.54, 1.807) is 23.3 Å². The van der Waals surface area contributed by atoms with Gasteiger partial charge in [0.2, 0.25) is 0 Å². The van der Waals surface area contributed by atoms with Gasteiger partial charge in [0, 0.05) is 18.5 Å². The van der Waals surface area contributed by atoms with Crippen molar-refractivity contribution in [3.8, 4) is 0 Å². The molecule has 1 heterocycles. The summed E-state index contributed by atoms with van der Waals surface area (Å²) >= 11 is 1.63. The molecule has 116 valence electrons. The normalized spacial score (nSPS) is 14.8. The summed E-state index contributed by atoms with van der Waals surface area (Å²) in [4.78, 5) is 27.4. The second-order valence-electron chi connectivity index (χ2n) is 5.53. The van der Waals surface area contributed by atoms with Gasteiger partial charge in [-0.05, 0) is 37.3 Å². The zero-order chi connectivity index (χ0) is 15.2. The molecule has 5 heteroatoms. The maximum Gasteiger partial charge on any atom is 0.307 e. The molecule has 1 aromatic heterocycles. The maximum atomic E-state index is 12.4. The highest BCUT2D eigenvalue weighted by atomic mass is 32.1. The van der Waals surface area contributed by atoms with Gasteiger partial charge in [-0.1, -0.05) is 12.8 Å². The van der Waals surface area contributed by atoms with E-state index < -0.39 is 0 Å². The van der Waals surface area contributed by atoms with Crippen molar-refractivity contribution in [2.24, 2.45) is 0 Å². The van der Waals surface area contributed by atoms with Crippen molar-refractivity contribution >= 4 is 23.2 Å². The van der Waals surface area contributed by atoms with Crippen molar-refractivity contribution < 1.29 is 14.3 Å². The summed E-state index contributed by atoms with van der Waals surface area (Å²) in [7, 11) is 3.10. The third kappa shape index (κ3) is 4.30. The molecule has 0 saturated heterocycles. The number of amides is 1. The Morgan fingerprint density at radius 2 is 1.95 bits per heavy atom. The number of methoxy groups -OCH3 is 1. The van der Waals surface area contributed by atoms with Crippen LogP contribution in [0.25, 0.3) is 0 Å². The molecule has 0 fully saturated rings. The van der Waals surface area contributed by atoms with E-state index in [1.165, 1.54) is 43.2 Å². The van der Waals surface area contributed by atoms with E-state index in [0.29, 0.717) is 6.54 Å². The number of carbonyl (C=O) groups is 2. The number of rotatable bonds is 4. The molecule has 0 bridgehead atoms. The van der Waals surface area contributed by atoms with Crippen molar-refractivity contribution in [2.75, 3.05) is 20.7 Å². The van der Waals surface area contributed by atoms with Gasteiger partial charge in [0.1, 0.15) is 0 Å². The van der Waals surface area contributed by atoms with Crippen molar-refractivity contribution in [2.45, 2.75) is 44.9 Å². The molecule has 0 aromatic carbocycles. The highest BCUT2D eigenvalue weighted by Gasteiger charge is 2.19. The minimum absolute atomic E-state index is 0.00986. The van der Waals surface area contributed by atoms with Gasteiger partial charge < -0.3 is 9.64 Å². The Labute approximate surface area is 130 Å². The van der Waals surface area contributed by atoms with Crippen LogP contribution in [0.2, 0.25) is 0 Å². The number of carbonyl (C=O) groups excluding carboxylic acids is 2. The van der Waals surface area contributed by atoms with Gasteiger partial charge in [0.25, 0.3) is 5.91 Å². The average Bonchev–Trinajstić information content (AvgIpc) is 2.85. The predicted octanol–water partition coefficient (Wildman–Crippen LogP) is 3.04. The largest absolute Gasteiger partial charge is 0.469 e. The molecule has 2 rings (SSSR count). The third-order valence-corrected chi connectivity index (χ3v) is 5.16. The molecule has 1 aliphatic carbocycles. The molecule has 4 nitrogen and oxygen atoms in total. The van der Waals surface area contributed by atoms with Gasteiger partial charge in [0.15, 0.2) is 0 Å². The zero-order valence-electron chi connectivity index (χ0n) is 12.8. The Hall–Kier alpha value is -1.36. The van der Waals surface area contributed by atoms with E-state index in [4.69, 9.17) is 0 Å². The highest BCUT2D eigenvalue weighted by Crippen LogP contribution is 2.29. The Morgan fingerprint density at radius 3 is 2.67 bits per heavy atom. The van der Waals surface area contributed by atoms with Gasteiger partial charge in [-0.2, -0.15) is 0 Å². The second-order valence-corrected chi connectivity index (χ2v) is 6.66. The van der Waals surface area contributed by atoms with Crippen LogP contribution in [0.1, 0.15) is 52.2 Å². The third-order valence-electron chi connectivity index (χ3n) is 3.93. The summed E-state index contributed by atoms with van der Waals surface area (Å²) < 4.78 is 4.61. The first-order valence-electron chi connectivity index (χ1n) is 7.55. The van der Waals surface area contributed by atoms with Crippen LogP contribution in [0, 0.1) is 0 Å². The van der Waals surface area contributed by atoms with E-state index in [0.717, 1.165) is 17.7 Å². The van der Waals surface area contributed by atoms with Crippen molar-refractivity contribution in [3.63, 3.8) is 0 Å². The Balaban J connectivity index is 2.01. The van der Waals surface area contributed by atoms with E-state index in [9.17, 15) is 9.59 Å². The number of esters is 1. The summed E-state index contributed by atoms with van der Waals surface area (Å²) in [5.74, 6) is -0.274. The topological polar surface area (TPSA) is 46.6 Å². The molecule has 0 N–H and O–H groups in total. The van der Waals surface area contributed by atoms with E-state index in [1.807, 2.05) is 0 Å². The number of aryl methyl sites for hydroxylation is 2. The van der Waals surface area contributed by atoms with Gasteiger partial charge in [-0.3, -0.25) is 9.59 Å². The van der Waals surface area contributed by atoms with E-state index >= 15 is 0 Å². The van der Waals surface area contributed by atoms with Crippen LogP contribution >= 0.6 is 11.3 Å². The fraction of sp³-hybridized carbons (Fsp3) is 0.625. The molecule has 0 spiro atoms. The predicted molar refractivity (Wildman–Crippen MR) is 83.8 cm³/mol. The zero-order valence-corrected chi connectivity index (χ0v) is 13.6. The van der Waals surface area contributed by atoms with Crippen molar-refractivity contribution in [1.29, 1.82) is 0 Å². The number of hydrogen-bond donors (Lipinski definition) is 0. The molecule has 1 aliphatic rings. The van der Waals surface area contributed by atoms with Crippen LogP contribution in [0.3, 0.4) is 0 Å². The van der Waals surface area contributed by atoms with Gasteiger partial charge in [-0.15, -0.1) is 11.3 Å².